The van der Waals surface area contributed by atoms with E-state index in [0.717, 1.165) is 6.04 Å². The second-order valence-electron chi connectivity index (χ2n) is 3.15. The van der Waals surface area contributed by atoms with Crippen LogP contribution in [0.25, 0.3) is 0 Å². The van der Waals surface area contributed by atoms with Crippen LogP contribution in [0.15, 0.2) is 0 Å². The van der Waals surface area contributed by atoms with Gasteiger partial charge < -0.3 is 5.32 Å². The Bertz CT molecular complexity index is 81.9. The maximum atomic E-state index is 3.33. The summed E-state index contributed by atoms with van der Waals surface area (Å²) >= 11 is 2.09. The smallest absolute Gasteiger partial charge is 0.00617 e. The minimum absolute atomic E-state index is 0.743. The highest BCUT2D eigenvalue weighted by Gasteiger charge is 2.00. The van der Waals surface area contributed by atoms with Gasteiger partial charge in [-0.3, -0.25) is 0 Å². The summed E-state index contributed by atoms with van der Waals surface area (Å²) in [5.41, 5.74) is 0. The molecule has 1 unspecified atom stereocenters. The van der Waals surface area contributed by atoms with Crippen LogP contribution in [0.1, 0.15) is 39.5 Å². The van der Waals surface area contributed by atoms with Crippen molar-refractivity contribution < 1.29 is 0 Å². The van der Waals surface area contributed by atoms with Crippen molar-refractivity contribution in [3.63, 3.8) is 0 Å². The number of hydrogen-bond acceptors (Lipinski definition) is 2. The maximum absolute atomic E-state index is 3.33. The molecule has 0 aromatic carbocycles. The van der Waals surface area contributed by atoms with Gasteiger partial charge in [-0.1, -0.05) is 13.8 Å². The molecule has 0 radical (unpaired) electrons. The van der Waals surface area contributed by atoms with Gasteiger partial charge in [0.2, 0.25) is 0 Å². The van der Waals surface area contributed by atoms with E-state index in [2.05, 4.69) is 38.0 Å². The van der Waals surface area contributed by atoms with E-state index in [1.54, 1.807) is 0 Å². The normalized spacial score (nSPS) is 13.2. The van der Waals surface area contributed by atoms with Gasteiger partial charge in [0.25, 0.3) is 0 Å². The molecule has 74 valence electrons. The Hall–Kier alpha value is 0.310. The van der Waals surface area contributed by atoms with Crippen molar-refractivity contribution in [3.8, 4) is 0 Å². The lowest BCUT2D eigenvalue weighted by Crippen LogP contribution is -2.23. The lowest BCUT2D eigenvalue weighted by molar-refractivity contribution is 0.504. The average Bonchev–Trinajstić information content (AvgIpc) is 2.11. The second-order valence-corrected chi connectivity index (χ2v) is 4.37. The standard InChI is InChI=1S/C10H23NS/c1-4-8-12-9-6-7-10(5-2)11-3/h10-11H,4-9H2,1-3H3. The number of nitrogens with one attached hydrogen (secondary N) is 1. The van der Waals surface area contributed by atoms with Crippen molar-refractivity contribution in [2.75, 3.05) is 18.6 Å². The van der Waals surface area contributed by atoms with Crippen LogP contribution in [-0.4, -0.2) is 24.6 Å². The number of thioether (sulfide) groups is 1. The van der Waals surface area contributed by atoms with E-state index in [1.807, 2.05) is 0 Å². The van der Waals surface area contributed by atoms with Gasteiger partial charge in [0.15, 0.2) is 0 Å². The van der Waals surface area contributed by atoms with Crippen molar-refractivity contribution >= 4 is 11.8 Å². The highest BCUT2D eigenvalue weighted by molar-refractivity contribution is 7.99. The Morgan fingerprint density at radius 3 is 2.50 bits per heavy atom. The summed E-state index contributed by atoms with van der Waals surface area (Å²) in [5, 5.41) is 3.33. The molecule has 12 heavy (non-hydrogen) atoms. The summed E-state index contributed by atoms with van der Waals surface area (Å²) in [7, 11) is 2.06. The SMILES string of the molecule is CCCSCCCC(CC)NC. The number of rotatable bonds is 8. The molecule has 2 heteroatoms. The van der Waals surface area contributed by atoms with Crippen molar-refractivity contribution in [2.24, 2.45) is 0 Å². The molecule has 1 nitrogen and oxygen atoms in total. The molecule has 0 rings (SSSR count). The van der Waals surface area contributed by atoms with Crippen LogP contribution in [0.4, 0.5) is 0 Å². The largest absolute Gasteiger partial charge is 0.317 e. The van der Waals surface area contributed by atoms with Crippen LogP contribution in [0, 0.1) is 0 Å². The van der Waals surface area contributed by atoms with E-state index in [1.165, 1.54) is 37.2 Å². The summed E-state index contributed by atoms with van der Waals surface area (Å²) in [6.45, 7) is 4.50. The molecule has 0 heterocycles. The lowest BCUT2D eigenvalue weighted by atomic mass is 10.1. The summed E-state index contributed by atoms with van der Waals surface area (Å²) in [6, 6.07) is 0.743. The van der Waals surface area contributed by atoms with E-state index in [-0.39, 0.29) is 0 Å². The average molecular weight is 189 g/mol. The van der Waals surface area contributed by atoms with Gasteiger partial charge in [-0.15, -0.1) is 0 Å². The van der Waals surface area contributed by atoms with Gasteiger partial charge in [0, 0.05) is 6.04 Å². The molecule has 0 aromatic heterocycles. The predicted molar refractivity (Wildman–Crippen MR) is 60.0 cm³/mol. The van der Waals surface area contributed by atoms with Crippen LogP contribution in [0.3, 0.4) is 0 Å². The molecule has 0 aliphatic heterocycles. The topological polar surface area (TPSA) is 12.0 Å². The van der Waals surface area contributed by atoms with Crippen molar-refractivity contribution in [1.29, 1.82) is 0 Å². The summed E-state index contributed by atoms with van der Waals surface area (Å²) < 4.78 is 0. The fourth-order valence-electron chi connectivity index (χ4n) is 1.23. The Morgan fingerprint density at radius 2 is 2.00 bits per heavy atom. The Balaban J connectivity index is 3.06. The van der Waals surface area contributed by atoms with E-state index in [9.17, 15) is 0 Å². The molecule has 0 aliphatic rings. The van der Waals surface area contributed by atoms with Crippen LogP contribution in [0.5, 0.6) is 0 Å². The van der Waals surface area contributed by atoms with Crippen molar-refractivity contribution in [2.45, 2.75) is 45.6 Å². The molecule has 0 fully saturated rings. The minimum atomic E-state index is 0.743. The molecule has 1 N–H and O–H groups in total. The summed E-state index contributed by atoms with van der Waals surface area (Å²) in [5.74, 6) is 2.67. The number of hydrogen-bond donors (Lipinski definition) is 1. The molecule has 0 bridgehead atoms. The zero-order valence-corrected chi connectivity index (χ0v) is 9.54. The molecule has 0 amide bonds. The highest BCUT2D eigenvalue weighted by Crippen LogP contribution is 2.08. The molecule has 0 saturated carbocycles. The minimum Gasteiger partial charge on any atom is -0.317 e. The molecule has 0 spiro atoms. The molecular weight excluding hydrogens is 166 g/mol. The van der Waals surface area contributed by atoms with E-state index < -0.39 is 0 Å². The van der Waals surface area contributed by atoms with Gasteiger partial charge in [0.1, 0.15) is 0 Å². The van der Waals surface area contributed by atoms with E-state index in [4.69, 9.17) is 0 Å². The molecule has 0 saturated heterocycles. The third kappa shape index (κ3) is 6.99. The molecule has 0 aromatic rings. The lowest BCUT2D eigenvalue weighted by Gasteiger charge is -2.12. The Kier molecular flexibility index (Phi) is 9.64. The summed E-state index contributed by atoms with van der Waals surface area (Å²) in [6.07, 6.45) is 5.27. The van der Waals surface area contributed by atoms with Crippen LogP contribution < -0.4 is 5.32 Å². The first-order valence-corrected chi connectivity index (χ1v) is 6.25. The predicted octanol–water partition coefficient (Wildman–Crippen LogP) is 2.91. The second kappa shape index (κ2) is 9.40. The molecular formula is C10H23NS. The van der Waals surface area contributed by atoms with Gasteiger partial charge in [-0.25, -0.2) is 0 Å². The zero-order valence-electron chi connectivity index (χ0n) is 8.73. The van der Waals surface area contributed by atoms with E-state index in [0.29, 0.717) is 0 Å². The van der Waals surface area contributed by atoms with Crippen LogP contribution in [0.2, 0.25) is 0 Å². The Morgan fingerprint density at radius 1 is 1.25 bits per heavy atom. The van der Waals surface area contributed by atoms with Crippen LogP contribution in [-0.2, 0) is 0 Å². The fourth-order valence-corrected chi connectivity index (χ4v) is 2.09. The molecule has 0 aliphatic carbocycles. The maximum Gasteiger partial charge on any atom is 0.00617 e. The third-order valence-electron chi connectivity index (χ3n) is 2.09. The van der Waals surface area contributed by atoms with Crippen molar-refractivity contribution in [1.82, 2.24) is 5.32 Å². The van der Waals surface area contributed by atoms with Crippen LogP contribution >= 0.6 is 11.8 Å². The first kappa shape index (κ1) is 12.3. The van der Waals surface area contributed by atoms with Gasteiger partial charge in [0.05, 0.1) is 0 Å². The highest BCUT2D eigenvalue weighted by atomic mass is 32.2. The first-order valence-electron chi connectivity index (χ1n) is 5.10. The monoisotopic (exact) mass is 189 g/mol. The van der Waals surface area contributed by atoms with Gasteiger partial charge >= 0.3 is 0 Å². The first-order chi connectivity index (χ1) is 5.85. The Labute approximate surface area is 81.7 Å². The zero-order chi connectivity index (χ0) is 9.23. The van der Waals surface area contributed by atoms with Gasteiger partial charge in [-0.05, 0) is 44.2 Å². The third-order valence-corrected chi connectivity index (χ3v) is 3.37. The van der Waals surface area contributed by atoms with Crippen molar-refractivity contribution in [3.05, 3.63) is 0 Å². The van der Waals surface area contributed by atoms with Gasteiger partial charge in [-0.2, -0.15) is 11.8 Å². The fraction of sp³-hybridized carbons (Fsp3) is 1.00. The quantitative estimate of drug-likeness (QED) is 0.589. The molecule has 1 atom stereocenters. The summed E-state index contributed by atoms with van der Waals surface area (Å²) in [4.78, 5) is 0. The van der Waals surface area contributed by atoms with E-state index >= 15 is 0 Å².